The molecule has 0 radical (unpaired) electrons. The molecule has 122 valence electrons. The first-order valence-corrected chi connectivity index (χ1v) is 6.95. The molecular weight excluding hydrogens is 314 g/mol. The van der Waals surface area contributed by atoms with E-state index in [9.17, 15) is 17.6 Å². The van der Waals surface area contributed by atoms with E-state index in [-0.39, 0.29) is 5.95 Å². The smallest absolute Gasteiger partial charge is 0.368 e. The Hall–Kier alpha value is -2.45. The second kappa shape index (κ2) is 5.98. The molecule has 0 saturated carbocycles. The largest absolute Gasteiger partial charge is 0.433 e. The fourth-order valence-corrected chi connectivity index (χ4v) is 2.41. The maximum absolute atomic E-state index is 13.1. The fourth-order valence-electron chi connectivity index (χ4n) is 2.41. The highest BCUT2D eigenvalue weighted by molar-refractivity contribution is 5.47. The molecule has 2 aromatic rings. The van der Waals surface area contributed by atoms with Gasteiger partial charge in [0.2, 0.25) is 11.9 Å². The molecule has 9 heteroatoms. The maximum atomic E-state index is 13.1. The summed E-state index contributed by atoms with van der Waals surface area (Å²) in [6, 6.07) is 3.87. The van der Waals surface area contributed by atoms with Crippen molar-refractivity contribution >= 4 is 11.6 Å². The molecule has 1 aliphatic rings. The number of rotatable bonds is 2. The van der Waals surface area contributed by atoms with Crippen LogP contribution in [0.4, 0.5) is 29.2 Å². The molecule has 0 unspecified atom stereocenters. The number of halogens is 4. The molecule has 0 aromatic carbocycles. The molecule has 0 N–H and O–H groups in total. The number of piperazine rings is 1. The van der Waals surface area contributed by atoms with Crippen LogP contribution in [0.5, 0.6) is 0 Å². The van der Waals surface area contributed by atoms with Gasteiger partial charge in [0.25, 0.3) is 0 Å². The van der Waals surface area contributed by atoms with Crippen LogP contribution in [-0.4, -0.2) is 41.1 Å². The van der Waals surface area contributed by atoms with E-state index in [2.05, 4.69) is 15.0 Å². The molecule has 2 aromatic heterocycles. The average molecular weight is 327 g/mol. The van der Waals surface area contributed by atoms with Gasteiger partial charge in [0.15, 0.2) is 0 Å². The van der Waals surface area contributed by atoms with Crippen molar-refractivity contribution in [2.75, 3.05) is 36.0 Å². The maximum Gasteiger partial charge on any atom is 0.433 e. The minimum absolute atomic E-state index is 0.0559. The zero-order valence-electron chi connectivity index (χ0n) is 12.0. The van der Waals surface area contributed by atoms with Crippen LogP contribution in [0.1, 0.15) is 5.69 Å². The van der Waals surface area contributed by atoms with E-state index < -0.39 is 17.8 Å². The Kier molecular flexibility index (Phi) is 4.01. The number of aromatic nitrogens is 3. The van der Waals surface area contributed by atoms with Crippen LogP contribution in [0.15, 0.2) is 30.6 Å². The SMILES string of the molecule is Fc1cc(N2CCN(c3nccc(C(F)(F)F)n3)CC2)ccn1. The fraction of sp³-hybridized carbons (Fsp3) is 0.357. The van der Waals surface area contributed by atoms with E-state index in [1.165, 1.54) is 12.3 Å². The normalized spacial score (nSPS) is 15.8. The van der Waals surface area contributed by atoms with Crippen LogP contribution < -0.4 is 9.80 Å². The first-order chi connectivity index (χ1) is 10.9. The highest BCUT2D eigenvalue weighted by atomic mass is 19.4. The van der Waals surface area contributed by atoms with Gasteiger partial charge in [-0.2, -0.15) is 17.6 Å². The van der Waals surface area contributed by atoms with Crippen molar-refractivity contribution in [3.8, 4) is 0 Å². The van der Waals surface area contributed by atoms with Crippen molar-refractivity contribution < 1.29 is 17.6 Å². The van der Waals surface area contributed by atoms with Crippen molar-refractivity contribution in [3.05, 3.63) is 42.2 Å². The third-order valence-corrected chi connectivity index (χ3v) is 3.57. The molecule has 3 heterocycles. The van der Waals surface area contributed by atoms with Gasteiger partial charge in [-0.15, -0.1) is 0 Å². The van der Waals surface area contributed by atoms with Gasteiger partial charge in [0.05, 0.1) is 0 Å². The highest BCUT2D eigenvalue weighted by Crippen LogP contribution is 2.28. The molecule has 1 fully saturated rings. The Labute approximate surface area is 129 Å². The van der Waals surface area contributed by atoms with Crippen LogP contribution >= 0.6 is 0 Å². The lowest BCUT2D eigenvalue weighted by molar-refractivity contribution is -0.141. The van der Waals surface area contributed by atoms with Gasteiger partial charge in [0, 0.05) is 50.3 Å². The molecule has 1 saturated heterocycles. The highest BCUT2D eigenvalue weighted by Gasteiger charge is 2.33. The summed E-state index contributed by atoms with van der Waals surface area (Å²) < 4.78 is 51.2. The Morgan fingerprint density at radius 2 is 1.57 bits per heavy atom. The molecule has 0 aliphatic carbocycles. The predicted molar refractivity (Wildman–Crippen MR) is 75.7 cm³/mol. The number of hydrogen-bond donors (Lipinski definition) is 0. The summed E-state index contributed by atoms with van der Waals surface area (Å²) in [6.45, 7) is 1.96. The van der Waals surface area contributed by atoms with Crippen molar-refractivity contribution in [1.29, 1.82) is 0 Å². The zero-order valence-corrected chi connectivity index (χ0v) is 12.0. The minimum atomic E-state index is -4.49. The van der Waals surface area contributed by atoms with Crippen molar-refractivity contribution in [2.24, 2.45) is 0 Å². The number of hydrogen-bond acceptors (Lipinski definition) is 5. The number of anilines is 2. The lowest BCUT2D eigenvalue weighted by Gasteiger charge is -2.36. The van der Waals surface area contributed by atoms with Crippen LogP contribution in [-0.2, 0) is 6.18 Å². The van der Waals surface area contributed by atoms with E-state index in [1.807, 2.05) is 4.90 Å². The van der Waals surface area contributed by atoms with Gasteiger partial charge in [-0.1, -0.05) is 0 Å². The molecule has 0 bridgehead atoms. The molecule has 3 rings (SSSR count). The van der Waals surface area contributed by atoms with Gasteiger partial charge in [0.1, 0.15) is 5.69 Å². The molecule has 1 aliphatic heterocycles. The minimum Gasteiger partial charge on any atom is -0.368 e. The Morgan fingerprint density at radius 3 is 2.22 bits per heavy atom. The number of nitrogens with zero attached hydrogens (tertiary/aromatic N) is 5. The zero-order chi connectivity index (χ0) is 16.4. The summed E-state index contributed by atoms with van der Waals surface area (Å²) in [6.07, 6.45) is -2.00. The van der Waals surface area contributed by atoms with Crippen LogP contribution in [0.25, 0.3) is 0 Å². The molecule has 0 atom stereocenters. The summed E-state index contributed by atoms with van der Waals surface area (Å²) in [5.74, 6) is -0.508. The second-order valence-corrected chi connectivity index (χ2v) is 5.05. The standard InChI is InChI=1S/C14H13F4N5/c15-12-9-10(1-3-19-12)22-5-7-23(8-6-22)13-20-4-2-11(21-13)14(16,17)18/h1-4,9H,5-8H2. The lowest BCUT2D eigenvalue weighted by atomic mass is 10.2. The quantitative estimate of drug-likeness (QED) is 0.626. The average Bonchev–Trinajstić information content (AvgIpc) is 2.54. The Morgan fingerprint density at radius 1 is 0.913 bits per heavy atom. The third kappa shape index (κ3) is 3.49. The van der Waals surface area contributed by atoms with E-state index in [1.54, 1.807) is 11.0 Å². The topological polar surface area (TPSA) is 45.2 Å². The first-order valence-electron chi connectivity index (χ1n) is 6.95. The monoisotopic (exact) mass is 327 g/mol. The van der Waals surface area contributed by atoms with Crippen LogP contribution in [0.3, 0.4) is 0 Å². The van der Waals surface area contributed by atoms with E-state index in [4.69, 9.17) is 0 Å². The summed E-state index contributed by atoms with van der Waals surface area (Å²) in [7, 11) is 0. The molecule has 0 spiro atoms. The van der Waals surface area contributed by atoms with Crippen molar-refractivity contribution in [2.45, 2.75) is 6.18 Å². The summed E-state index contributed by atoms with van der Waals surface area (Å²) in [5.41, 5.74) is -0.261. The Bertz CT molecular complexity index is 683. The molecular formula is C14H13F4N5. The Balaban J connectivity index is 1.70. The molecule has 23 heavy (non-hydrogen) atoms. The van der Waals surface area contributed by atoms with E-state index >= 15 is 0 Å². The van der Waals surface area contributed by atoms with Crippen molar-refractivity contribution in [1.82, 2.24) is 15.0 Å². The molecule has 5 nitrogen and oxygen atoms in total. The first kappa shape index (κ1) is 15.4. The van der Waals surface area contributed by atoms with Gasteiger partial charge in [-0.25, -0.2) is 15.0 Å². The second-order valence-electron chi connectivity index (χ2n) is 5.05. The summed E-state index contributed by atoms with van der Waals surface area (Å²) in [5, 5.41) is 0. The van der Waals surface area contributed by atoms with Crippen molar-refractivity contribution in [3.63, 3.8) is 0 Å². The van der Waals surface area contributed by atoms with E-state index in [0.717, 1.165) is 12.3 Å². The number of pyridine rings is 1. The van der Waals surface area contributed by atoms with E-state index in [0.29, 0.717) is 31.9 Å². The van der Waals surface area contributed by atoms with Gasteiger partial charge < -0.3 is 9.80 Å². The third-order valence-electron chi connectivity index (χ3n) is 3.57. The van der Waals surface area contributed by atoms with Gasteiger partial charge in [-0.05, 0) is 12.1 Å². The summed E-state index contributed by atoms with van der Waals surface area (Å²) >= 11 is 0. The predicted octanol–water partition coefficient (Wildman–Crippen LogP) is 2.36. The van der Waals surface area contributed by atoms with Crippen LogP contribution in [0.2, 0.25) is 0 Å². The lowest BCUT2D eigenvalue weighted by Crippen LogP contribution is -2.47. The molecule has 0 amide bonds. The number of alkyl halides is 3. The van der Waals surface area contributed by atoms with Crippen LogP contribution in [0, 0.1) is 5.95 Å². The summed E-state index contributed by atoms with van der Waals surface area (Å²) in [4.78, 5) is 14.6. The van der Waals surface area contributed by atoms with Gasteiger partial charge >= 0.3 is 6.18 Å². The van der Waals surface area contributed by atoms with Gasteiger partial charge in [-0.3, -0.25) is 0 Å².